The topological polar surface area (TPSA) is 128 Å². The van der Waals surface area contributed by atoms with Crippen LogP contribution >= 0.6 is 0 Å². The lowest BCUT2D eigenvalue weighted by Crippen LogP contribution is -2.35. The minimum Gasteiger partial charge on any atom is -0.394 e. The highest BCUT2D eigenvalue weighted by Gasteiger charge is 2.41. The molecule has 0 aromatic carbocycles. The zero-order chi connectivity index (χ0) is 14.2. The number of hydrogen-bond donors (Lipinski definition) is 3. The standard InChI is InChI=1S/C11H13N3O5/c1-5-8(16)7(4-15)19-10(5)14-3-6(2-12)9(17)13-11(14)18/h3,5,7-8,10,15-16H,4H2,1H3,(H,13,17,18)/t5-,7-,8+,10-/m1/s1. The molecule has 0 amide bonds. The van der Waals surface area contributed by atoms with Crippen molar-refractivity contribution in [1.82, 2.24) is 9.55 Å². The van der Waals surface area contributed by atoms with E-state index in [-0.39, 0.29) is 12.2 Å². The molecule has 8 heteroatoms. The third kappa shape index (κ3) is 2.19. The Morgan fingerprint density at radius 1 is 1.58 bits per heavy atom. The number of rotatable bonds is 2. The second-order valence-electron chi connectivity index (χ2n) is 4.42. The lowest BCUT2D eigenvalue weighted by molar-refractivity contribution is -0.0477. The van der Waals surface area contributed by atoms with E-state index in [0.29, 0.717) is 0 Å². The fourth-order valence-electron chi connectivity index (χ4n) is 2.11. The monoisotopic (exact) mass is 267 g/mol. The first-order valence-electron chi connectivity index (χ1n) is 5.69. The molecule has 102 valence electrons. The first-order chi connectivity index (χ1) is 8.99. The summed E-state index contributed by atoms with van der Waals surface area (Å²) in [5.74, 6) is -0.465. The summed E-state index contributed by atoms with van der Waals surface area (Å²) in [6.07, 6.45) is -1.48. The van der Waals surface area contributed by atoms with E-state index in [1.165, 1.54) is 0 Å². The fraction of sp³-hybridized carbons (Fsp3) is 0.545. The van der Waals surface area contributed by atoms with E-state index in [1.807, 2.05) is 4.98 Å². The van der Waals surface area contributed by atoms with Gasteiger partial charge in [-0.1, -0.05) is 6.92 Å². The van der Waals surface area contributed by atoms with Gasteiger partial charge in [-0.2, -0.15) is 5.26 Å². The molecule has 1 aliphatic heterocycles. The first-order valence-corrected chi connectivity index (χ1v) is 5.69. The van der Waals surface area contributed by atoms with Crippen LogP contribution in [0, 0.1) is 17.2 Å². The van der Waals surface area contributed by atoms with Crippen molar-refractivity contribution < 1.29 is 14.9 Å². The average molecular weight is 267 g/mol. The van der Waals surface area contributed by atoms with E-state index in [1.54, 1.807) is 13.0 Å². The van der Waals surface area contributed by atoms with Crippen molar-refractivity contribution >= 4 is 0 Å². The smallest absolute Gasteiger partial charge is 0.330 e. The molecule has 2 heterocycles. The number of aromatic amines is 1. The fourth-order valence-corrected chi connectivity index (χ4v) is 2.11. The third-order valence-corrected chi connectivity index (χ3v) is 3.23. The largest absolute Gasteiger partial charge is 0.394 e. The number of aliphatic hydroxyl groups is 2. The van der Waals surface area contributed by atoms with Gasteiger partial charge in [0.2, 0.25) is 0 Å². The van der Waals surface area contributed by atoms with Gasteiger partial charge >= 0.3 is 5.69 Å². The van der Waals surface area contributed by atoms with Gasteiger partial charge in [0, 0.05) is 12.1 Å². The Bertz CT molecular complexity index is 628. The molecule has 3 N–H and O–H groups in total. The number of hydrogen-bond acceptors (Lipinski definition) is 6. The summed E-state index contributed by atoms with van der Waals surface area (Å²) in [4.78, 5) is 25.0. The van der Waals surface area contributed by atoms with E-state index in [2.05, 4.69) is 0 Å². The van der Waals surface area contributed by atoms with Crippen LogP contribution in [0.3, 0.4) is 0 Å². The summed E-state index contributed by atoms with van der Waals surface area (Å²) < 4.78 is 6.42. The van der Waals surface area contributed by atoms with Crippen LogP contribution in [0.2, 0.25) is 0 Å². The van der Waals surface area contributed by atoms with Gasteiger partial charge < -0.3 is 14.9 Å². The van der Waals surface area contributed by atoms with Crippen LogP contribution < -0.4 is 11.2 Å². The molecule has 19 heavy (non-hydrogen) atoms. The molecule has 1 fully saturated rings. The van der Waals surface area contributed by atoms with Crippen molar-refractivity contribution in [1.29, 1.82) is 5.26 Å². The Balaban J connectivity index is 2.46. The van der Waals surface area contributed by atoms with Crippen molar-refractivity contribution in [2.24, 2.45) is 5.92 Å². The molecule has 0 unspecified atom stereocenters. The zero-order valence-corrected chi connectivity index (χ0v) is 10.1. The van der Waals surface area contributed by atoms with E-state index >= 15 is 0 Å². The maximum absolute atomic E-state index is 11.7. The number of aliphatic hydroxyl groups excluding tert-OH is 2. The minimum atomic E-state index is -0.931. The maximum Gasteiger partial charge on any atom is 0.330 e. The van der Waals surface area contributed by atoms with Gasteiger partial charge in [0.25, 0.3) is 5.56 Å². The average Bonchev–Trinajstić information content (AvgIpc) is 2.67. The molecule has 0 radical (unpaired) electrons. The molecular formula is C11H13N3O5. The second-order valence-corrected chi connectivity index (χ2v) is 4.42. The summed E-state index contributed by atoms with van der Waals surface area (Å²) in [5, 5.41) is 27.7. The highest BCUT2D eigenvalue weighted by molar-refractivity contribution is 5.21. The lowest BCUT2D eigenvalue weighted by Gasteiger charge is -2.17. The summed E-state index contributed by atoms with van der Waals surface area (Å²) in [5.41, 5.74) is -1.72. The van der Waals surface area contributed by atoms with Gasteiger partial charge in [0.1, 0.15) is 24.0 Å². The van der Waals surface area contributed by atoms with Crippen molar-refractivity contribution in [3.8, 4) is 6.07 Å². The molecule has 1 aromatic rings. The predicted molar refractivity (Wildman–Crippen MR) is 62.2 cm³/mol. The van der Waals surface area contributed by atoms with Gasteiger partial charge in [-0.15, -0.1) is 0 Å². The van der Waals surface area contributed by atoms with Crippen molar-refractivity contribution in [3.05, 3.63) is 32.6 Å². The van der Waals surface area contributed by atoms with Crippen LogP contribution in [-0.4, -0.2) is 38.6 Å². The van der Waals surface area contributed by atoms with Gasteiger partial charge in [-0.05, 0) is 0 Å². The number of H-pyrrole nitrogens is 1. The number of aromatic nitrogens is 2. The molecule has 1 aromatic heterocycles. The van der Waals surface area contributed by atoms with Gasteiger partial charge in [-0.3, -0.25) is 14.3 Å². The van der Waals surface area contributed by atoms with Crippen molar-refractivity contribution in [3.63, 3.8) is 0 Å². The SMILES string of the molecule is C[C@@H]1[C@H](O)[C@@H](CO)O[C@H]1n1cc(C#N)c(=O)[nH]c1=O. The molecule has 0 aliphatic carbocycles. The highest BCUT2D eigenvalue weighted by Crippen LogP contribution is 2.33. The van der Waals surface area contributed by atoms with Gasteiger partial charge in [-0.25, -0.2) is 4.79 Å². The minimum absolute atomic E-state index is 0.225. The number of nitriles is 1. The normalized spacial score (nSPS) is 30.2. The molecule has 8 nitrogen and oxygen atoms in total. The zero-order valence-electron chi connectivity index (χ0n) is 10.1. The number of nitrogens with zero attached hydrogens (tertiary/aromatic N) is 2. The third-order valence-electron chi connectivity index (χ3n) is 3.23. The molecule has 0 saturated carbocycles. The molecule has 0 spiro atoms. The Morgan fingerprint density at radius 3 is 2.79 bits per heavy atom. The number of nitrogens with one attached hydrogen (secondary N) is 1. The molecule has 4 atom stereocenters. The van der Waals surface area contributed by atoms with E-state index in [9.17, 15) is 14.7 Å². The highest BCUT2D eigenvalue weighted by atomic mass is 16.5. The van der Waals surface area contributed by atoms with Crippen molar-refractivity contribution in [2.75, 3.05) is 6.61 Å². The summed E-state index contributed by atoms with van der Waals surface area (Å²) in [6.45, 7) is 1.26. The van der Waals surface area contributed by atoms with E-state index in [0.717, 1.165) is 10.8 Å². The molecule has 2 rings (SSSR count). The van der Waals surface area contributed by atoms with Crippen LogP contribution in [0.15, 0.2) is 15.8 Å². The molecule has 1 saturated heterocycles. The predicted octanol–water partition coefficient (Wildman–Crippen LogP) is -1.71. The van der Waals surface area contributed by atoms with Crippen LogP contribution in [0.25, 0.3) is 0 Å². The second kappa shape index (κ2) is 4.97. The Hall–Kier alpha value is -1.95. The van der Waals surface area contributed by atoms with E-state index < -0.39 is 35.6 Å². The Kier molecular flexibility index (Phi) is 3.53. The lowest BCUT2D eigenvalue weighted by atomic mass is 10.0. The Morgan fingerprint density at radius 2 is 2.26 bits per heavy atom. The van der Waals surface area contributed by atoms with Gasteiger partial charge in [0.05, 0.1) is 12.7 Å². The summed E-state index contributed by atoms with van der Waals surface area (Å²) >= 11 is 0. The quantitative estimate of drug-likeness (QED) is 0.585. The van der Waals surface area contributed by atoms with Crippen molar-refractivity contribution in [2.45, 2.75) is 25.4 Å². The summed E-state index contributed by atoms with van der Waals surface area (Å²) in [7, 11) is 0. The number of ether oxygens (including phenoxy) is 1. The summed E-state index contributed by atoms with van der Waals surface area (Å²) in [6, 6.07) is 1.67. The van der Waals surface area contributed by atoms with E-state index in [4.69, 9.17) is 15.1 Å². The van der Waals surface area contributed by atoms with Gasteiger partial charge in [0.15, 0.2) is 0 Å². The first kappa shape index (κ1) is 13.5. The molecular weight excluding hydrogens is 254 g/mol. The van der Waals surface area contributed by atoms with Crippen LogP contribution in [0.5, 0.6) is 0 Å². The molecule has 0 bridgehead atoms. The maximum atomic E-state index is 11.7. The Labute approximate surface area is 107 Å². The van der Waals surface area contributed by atoms with Crippen LogP contribution in [-0.2, 0) is 4.74 Å². The van der Waals surface area contributed by atoms with Crippen LogP contribution in [0.4, 0.5) is 0 Å². The molecule has 1 aliphatic rings. The van der Waals surface area contributed by atoms with Crippen LogP contribution in [0.1, 0.15) is 18.7 Å².